The third-order valence-electron chi connectivity index (χ3n) is 2.56. The standard InChI is InChI=1S/C11H10BrNO/c1-8-4-9(6-10(12)5-8)11(2-3-11)13-7-14/h4-6H,2-3H2,1H3. The molecular formula is C11H10BrNO. The van der Waals surface area contributed by atoms with Crippen molar-refractivity contribution in [3.8, 4) is 0 Å². The molecule has 3 heteroatoms. The number of nitrogens with zero attached hydrogens (tertiary/aromatic N) is 1. The summed E-state index contributed by atoms with van der Waals surface area (Å²) in [6, 6.07) is 6.16. The zero-order valence-corrected chi connectivity index (χ0v) is 9.47. The topological polar surface area (TPSA) is 29.4 Å². The Balaban J connectivity index is 2.46. The summed E-state index contributed by atoms with van der Waals surface area (Å²) in [4.78, 5) is 14.2. The Hall–Kier alpha value is -0.920. The minimum atomic E-state index is -0.254. The zero-order chi connectivity index (χ0) is 10.2. The summed E-state index contributed by atoms with van der Waals surface area (Å²) in [7, 11) is 0. The molecule has 2 rings (SSSR count). The van der Waals surface area contributed by atoms with Crippen molar-refractivity contribution in [2.75, 3.05) is 0 Å². The van der Waals surface area contributed by atoms with E-state index < -0.39 is 0 Å². The van der Waals surface area contributed by atoms with Gasteiger partial charge in [0.2, 0.25) is 6.08 Å². The molecule has 0 N–H and O–H groups in total. The predicted molar refractivity (Wildman–Crippen MR) is 57.9 cm³/mol. The summed E-state index contributed by atoms with van der Waals surface area (Å²) in [5.74, 6) is 0. The van der Waals surface area contributed by atoms with E-state index in [-0.39, 0.29) is 5.54 Å². The summed E-state index contributed by atoms with van der Waals surface area (Å²) >= 11 is 3.44. The molecule has 0 radical (unpaired) electrons. The van der Waals surface area contributed by atoms with Gasteiger partial charge in [0, 0.05) is 4.47 Å². The van der Waals surface area contributed by atoms with Crippen molar-refractivity contribution in [2.24, 2.45) is 4.99 Å². The molecule has 1 saturated carbocycles. The van der Waals surface area contributed by atoms with Crippen molar-refractivity contribution in [2.45, 2.75) is 25.3 Å². The number of rotatable bonds is 2. The van der Waals surface area contributed by atoms with Crippen molar-refractivity contribution in [1.82, 2.24) is 0 Å². The first kappa shape index (κ1) is 9.63. The third kappa shape index (κ3) is 1.66. The van der Waals surface area contributed by atoms with E-state index in [1.165, 1.54) is 5.56 Å². The highest BCUT2D eigenvalue weighted by Crippen LogP contribution is 2.49. The Morgan fingerprint density at radius 2 is 2.14 bits per heavy atom. The first-order valence-electron chi connectivity index (χ1n) is 4.53. The molecule has 0 saturated heterocycles. The van der Waals surface area contributed by atoms with E-state index in [1.54, 1.807) is 6.08 Å². The summed E-state index contributed by atoms with van der Waals surface area (Å²) in [6.07, 6.45) is 3.58. The summed E-state index contributed by atoms with van der Waals surface area (Å²) in [5.41, 5.74) is 2.05. The van der Waals surface area contributed by atoms with Crippen LogP contribution in [0.4, 0.5) is 0 Å². The Morgan fingerprint density at radius 1 is 1.43 bits per heavy atom. The quantitative estimate of drug-likeness (QED) is 0.587. The molecule has 2 nitrogen and oxygen atoms in total. The van der Waals surface area contributed by atoms with Gasteiger partial charge in [0.1, 0.15) is 0 Å². The van der Waals surface area contributed by atoms with E-state index in [4.69, 9.17) is 0 Å². The minimum Gasteiger partial charge on any atom is -0.211 e. The average molecular weight is 252 g/mol. The molecule has 0 amide bonds. The fraction of sp³-hybridized carbons (Fsp3) is 0.364. The van der Waals surface area contributed by atoms with Gasteiger partial charge in [0.25, 0.3) is 0 Å². The predicted octanol–water partition coefficient (Wildman–Crippen LogP) is 3.08. The monoisotopic (exact) mass is 251 g/mol. The van der Waals surface area contributed by atoms with E-state index in [0.717, 1.165) is 22.9 Å². The molecule has 14 heavy (non-hydrogen) atoms. The molecule has 1 aliphatic rings. The molecule has 1 fully saturated rings. The molecule has 0 bridgehead atoms. The van der Waals surface area contributed by atoms with Gasteiger partial charge in [-0.2, -0.15) is 4.99 Å². The SMILES string of the molecule is Cc1cc(Br)cc(C2(N=C=O)CC2)c1. The molecule has 0 unspecified atom stereocenters. The Bertz CT molecular complexity index is 397. The van der Waals surface area contributed by atoms with Crippen LogP contribution in [0.1, 0.15) is 24.0 Å². The highest BCUT2D eigenvalue weighted by Gasteiger charge is 2.44. The minimum absolute atomic E-state index is 0.254. The van der Waals surface area contributed by atoms with E-state index in [9.17, 15) is 4.79 Å². The molecule has 0 spiro atoms. The number of hydrogen-bond donors (Lipinski definition) is 0. The molecule has 0 aliphatic heterocycles. The van der Waals surface area contributed by atoms with Crippen LogP contribution in [0, 0.1) is 6.92 Å². The largest absolute Gasteiger partial charge is 0.235 e. The molecule has 1 aliphatic carbocycles. The molecule has 0 aromatic heterocycles. The molecular weight excluding hydrogens is 242 g/mol. The number of benzene rings is 1. The van der Waals surface area contributed by atoms with Crippen molar-refractivity contribution in [3.05, 3.63) is 33.8 Å². The second kappa shape index (κ2) is 3.34. The lowest BCUT2D eigenvalue weighted by Crippen LogP contribution is -2.02. The molecule has 1 aromatic carbocycles. The van der Waals surface area contributed by atoms with Crippen molar-refractivity contribution < 1.29 is 4.79 Å². The number of aryl methyl sites for hydroxylation is 1. The van der Waals surface area contributed by atoms with Crippen molar-refractivity contribution in [1.29, 1.82) is 0 Å². The maximum absolute atomic E-state index is 10.3. The smallest absolute Gasteiger partial charge is 0.211 e. The van der Waals surface area contributed by atoms with Gasteiger partial charge >= 0.3 is 0 Å². The van der Waals surface area contributed by atoms with E-state index in [1.807, 2.05) is 19.1 Å². The van der Waals surface area contributed by atoms with Crippen LogP contribution in [0.5, 0.6) is 0 Å². The number of hydrogen-bond acceptors (Lipinski definition) is 2. The lowest BCUT2D eigenvalue weighted by Gasteiger charge is -2.09. The van der Waals surface area contributed by atoms with Gasteiger partial charge in [-0.15, -0.1) is 0 Å². The number of isocyanates is 1. The lowest BCUT2D eigenvalue weighted by atomic mass is 10.0. The van der Waals surface area contributed by atoms with Crippen LogP contribution >= 0.6 is 15.9 Å². The lowest BCUT2D eigenvalue weighted by molar-refractivity contribution is 0.556. The van der Waals surface area contributed by atoms with Gasteiger partial charge in [0.05, 0.1) is 5.54 Å². The zero-order valence-electron chi connectivity index (χ0n) is 7.88. The van der Waals surface area contributed by atoms with Crippen LogP contribution in [0.25, 0.3) is 0 Å². The van der Waals surface area contributed by atoms with E-state index in [2.05, 4.69) is 27.0 Å². The summed E-state index contributed by atoms with van der Waals surface area (Å²) < 4.78 is 1.04. The van der Waals surface area contributed by atoms with Crippen LogP contribution in [0.3, 0.4) is 0 Å². The van der Waals surface area contributed by atoms with E-state index in [0.29, 0.717) is 0 Å². The van der Waals surface area contributed by atoms with Crippen LogP contribution in [-0.2, 0) is 10.3 Å². The van der Waals surface area contributed by atoms with Gasteiger partial charge < -0.3 is 0 Å². The van der Waals surface area contributed by atoms with Gasteiger partial charge in [-0.3, -0.25) is 0 Å². The Labute approximate surface area is 91.2 Å². The van der Waals surface area contributed by atoms with Crippen molar-refractivity contribution in [3.63, 3.8) is 0 Å². The highest BCUT2D eigenvalue weighted by molar-refractivity contribution is 9.10. The number of halogens is 1. The van der Waals surface area contributed by atoms with E-state index >= 15 is 0 Å². The second-order valence-corrected chi connectivity index (χ2v) is 4.67. The van der Waals surface area contributed by atoms with Crippen LogP contribution in [0.15, 0.2) is 27.7 Å². The Kier molecular flexibility index (Phi) is 2.30. The number of aliphatic imine (C=N–C) groups is 1. The summed E-state index contributed by atoms with van der Waals surface area (Å²) in [6.45, 7) is 2.04. The van der Waals surface area contributed by atoms with Crippen LogP contribution in [-0.4, -0.2) is 6.08 Å². The molecule has 0 heterocycles. The maximum Gasteiger partial charge on any atom is 0.235 e. The highest BCUT2D eigenvalue weighted by atomic mass is 79.9. The molecule has 0 atom stereocenters. The maximum atomic E-state index is 10.3. The molecule has 72 valence electrons. The fourth-order valence-corrected chi connectivity index (χ4v) is 2.28. The van der Waals surface area contributed by atoms with Gasteiger partial charge in [-0.25, -0.2) is 4.79 Å². The fourth-order valence-electron chi connectivity index (χ4n) is 1.68. The molecule has 1 aromatic rings. The van der Waals surface area contributed by atoms with Gasteiger partial charge in [0.15, 0.2) is 0 Å². The van der Waals surface area contributed by atoms with Crippen LogP contribution in [0.2, 0.25) is 0 Å². The van der Waals surface area contributed by atoms with Gasteiger partial charge in [-0.05, 0) is 43.0 Å². The first-order chi connectivity index (χ1) is 6.66. The first-order valence-corrected chi connectivity index (χ1v) is 5.32. The number of carbonyl (C=O) groups excluding carboxylic acids is 1. The third-order valence-corrected chi connectivity index (χ3v) is 3.02. The Morgan fingerprint density at radius 3 is 2.64 bits per heavy atom. The average Bonchev–Trinajstić information content (AvgIpc) is 2.84. The second-order valence-electron chi connectivity index (χ2n) is 3.75. The van der Waals surface area contributed by atoms with Crippen molar-refractivity contribution >= 4 is 22.0 Å². The van der Waals surface area contributed by atoms with Gasteiger partial charge in [-0.1, -0.05) is 22.0 Å². The normalized spacial score (nSPS) is 17.3. The summed E-state index contributed by atoms with van der Waals surface area (Å²) in [5, 5.41) is 0. The van der Waals surface area contributed by atoms with Crippen LogP contribution < -0.4 is 0 Å².